The maximum absolute atomic E-state index is 12.8. The van der Waals surface area contributed by atoms with Crippen LogP contribution < -0.4 is 10.9 Å². The van der Waals surface area contributed by atoms with Crippen molar-refractivity contribution in [3.8, 4) is 0 Å². The lowest BCUT2D eigenvalue weighted by molar-refractivity contribution is -0.116. The predicted octanol–water partition coefficient (Wildman–Crippen LogP) is 2.38. The highest BCUT2D eigenvalue weighted by Crippen LogP contribution is 2.27. The maximum Gasteiger partial charge on any atom is 0.348 e. The summed E-state index contributed by atoms with van der Waals surface area (Å²) in [5, 5.41) is 12.0. The molecule has 0 aromatic carbocycles. The monoisotopic (exact) mass is 421 g/mol. The Hall–Kier alpha value is -2.66. The van der Waals surface area contributed by atoms with Gasteiger partial charge in [0.2, 0.25) is 11.0 Å². The van der Waals surface area contributed by atoms with E-state index in [0.29, 0.717) is 25.8 Å². The number of carbonyl (C=O) groups is 2. The minimum Gasteiger partial charge on any atom is -0.459 e. The number of hydrogen-bond acceptors (Lipinski definition) is 9. The average molecular weight is 422 g/mol. The van der Waals surface area contributed by atoms with Crippen LogP contribution in [0.5, 0.6) is 0 Å². The zero-order valence-electron chi connectivity index (χ0n) is 15.8. The van der Waals surface area contributed by atoms with Crippen LogP contribution in [-0.4, -0.2) is 37.7 Å². The van der Waals surface area contributed by atoms with Crippen molar-refractivity contribution in [1.29, 1.82) is 0 Å². The Morgan fingerprint density at radius 2 is 2.04 bits per heavy atom. The average Bonchev–Trinajstić information content (AvgIpc) is 3.21. The van der Waals surface area contributed by atoms with Gasteiger partial charge in [0.25, 0.3) is 5.56 Å². The highest BCUT2D eigenvalue weighted by molar-refractivity contribution is 7.20. The summed E-state index contributed by atoms with van der Waals surface area (Å²) in [6.07, 6.45) is 1.76. The molecule has 3 aromatic rings. The Labute approximate surface area is 168 Å². The van der Waals surface area contributed by atoms with Crippen LogP contribution in [0.25, 0.3) is 10.2 Å². The van der Waals surface area contributed by atoms with Crippen molar-refractivity contribution in [3.63, 3.8) is 0 Å². The van der Waals surface area contributed by atoms with Gasteiger partial charge in [0, 0.05) is 0 Å². The molecule has 0 saturated heterocycles. The first-order valence-corrected chi connectivity index (χ1v) is 10.2. The molecule has 9 nitrogen and oxygen atoms in total. The summed E-state index contributed by atoms with van der Waals surface area (Å²) in [7, 11) is 0. The van der Waals surface area contributed by atoms with E-state index in [0.717, 1.165) is 22.8 Å². The number of carbonyl (C=O) groups excluding carboxylic acids is 2. The van der Waals surface area contributed by atoms with Gasteiger partial charge in [-0.1, -0.05) is 18.3 Å². The van der Waals surface area contributed by atoms with Crippen LogP contribution >= 0.6 is 22.7 Å². The molecule has 0 radical (unpaired) electrons. The fourth-order valence-electron chi connectivity index (χ4n) is 2.49. The number of nitrogens with one attached hydrogen (secondary N) is 1. The summed E-state index contributed by atoms with van der Waals surface area (Å²) in [6, 6.07) is 0. The summed E-state index contributed by atoms with van der Waals surface area (Å²) in [5.74, 6) is -0.892. The van der Waals surface area contributed by atoms with Gasteiger partial charge < -0.3 is 4.74 Å². The van der Waals surface area contributed by atoms with Gasteiger partial charge >= 0.3 is 5.97 Å². The second kappa shape index (κ2) is 8.15. The van der Waals surface area contributed by atoms with Crippen LogP contribution in [0.1, 0.15) is 41.0 Å². The molecule has 0 atom stereocenters. The first-order chi connectivity index (χ1) is 13.3. The lowest BCUT2D eigenvalue weighted by atomic mass is 10.2. The number of hydrogen-bond donors (Lipinski definition) is 1. The third-order valence-electron chi connectivity index (χ3n) is 3.78. The lowest BCUT2D eigenvalue weighted by Gasteiger charge is -2.06. The van der Waals surface area contributed by atoms with E-state index in [1.54, 1.807) is 20.8 Å². The largest absolute Gasteiger partial charge is 0.459 e. The highest BCUT2D eigenvalue weighted by atomic mass is 32.1. The number of amides is 1. The van der Waals surface area contributed by atoms with Crippen molar-refractivity contribution in [1.82, 2.24) is 19.7 Å². The molecule has 28 heavy (non-hydrogen) atoms. The van der Waals surface area contributed by atoms with E-state index in [9.17, 15) is 14.4 Å². The molecular weight excluding hydrogens is 402 g/mol. The second-order valence-corrected chi connectivity index (χ2v) is 8.33. The molecule has 0 saturated carbocycles. The van der Waals surface area contributed by atoms with Crippen molar-refractivity contribution < 1.29 is 14.3 Å². The highest BCUT2D eigenvalue weighted by Gasteiger charge is 2.21. The van der Waals surface area contributed by atoms with Crippen LogP contribution in [0.4, 0.5) is 5.13 Å². The van der Waals surface area contributed by atoms with Gasteiger partial charge in [-0.3, -0.25) is 19.5 Å². The van der Waals surface area contributed by atoms with Crippen LogP contribution in [-0.2, 0) is 22.5 Å². The molecule has 0 spiro atoms. The Kier molecular flexibility index (Phi) is 5.84. The molecule has 11 heteroatoms. The molecule has 3 heterocycles. The van der Waals surface area contributed by atoms with Gasteiger partial charge in [-0.25, -0.2) is 9.78 Å². The van der Waals surface area contributed by atoms with Crippen LogP contribution in [0, 0.1) is 6.92 Å². The fraction of sp³-hybridized carbons (Fsp3) is 0.412. The van der Waals surface area contributed by atoms with E-state index in [-0.39, 0.29) is 18.2 Å². The number of aromatic nitrogens is 4. The topological polar surface area (TPSA) is 116 Å². The van der Waals surface area contributed by atoms with E-state index in [1.807, 2.05) is 6.92 Å². The third-order valence-corrected chi connectivity index (χ3v) is 5.94. The van der Waals surface area contributed by atoms with Gasteiger partial charge in [-0.2, -0.15) is 0 Å². The standard InChI is InChI=1S/C17H19N5O4S2/c1-5-11-20-21-17(27-11)19-10(23)6-22-7-18-14-12(15(22)24)9(4)13(28-14)16(25)26-8(2)3/h7-8H,5-6H2,1-4H3,(H,19,21,23). The van der Waals surface area contributed by atoms with Gasteiger partial charge in [0.05, 0.1) is 17.8 Å². The van der Waals surface area contributed by atoms with E-state index in [4.69, 9.17) is 4.74 Å². The number of fused-ring (bicyclic) bond motifs is 1. The van der Waals surface area contributed by atoms with Crippen molar-refractivity contribution in [2.45, 2.75) is 46.8 Å². The molecule has 0 fully saturated rings. The van der Waals surface area contributed by atoms with Crippen LogP contribution in [0.15, 0.2) is 11.1 Å². The number of aryl methyl sites for hydroxylation is 2. The van der Waals surface area contributed by atoms with Crippen molar-refractivity contribution >= 4 is 49.9 Å². The molecule has 1 amide bonds. The summed E-state index contributed by atoms with van der Waals surface area (Å²) < 4.78 is 6.42. The second-order valence-electron chi connectivity index (χ2n) is 6.27. The quantitative estimate of drug-likeness (QED) is 0.607. The van der Waals surface area contributed by atoms with E-state index in [2.05, 4.69) is 20.5 Å². The number of nitrogens with zero attached hydrogens (tertiary/aromatic N) is 4. The first kappa shape index (κ1) is 20.1. The van der Waals surface area contributed by atoms with E-state index in [1.165, 1.54) is 22.2 Å². The third kappa shape index (κ3) is 4.09. The minimum atomic E-state index is -0.484. The Bertz CT molecular complexity index is 1100. The molecule has 0 unspecified atom stereocenters. The smallest absolute Gasteiger partial charge is 0.348 e. The van der Waals surface area contributed by atoms with Crippen molar-refractivity contribution in [3.05, 3.63) is 32.1 Å². The minimum absolute atomic E-state index is 0.218. The number of ether oxygens (including phenoxy) is 1. The van der Waals surface area contributed by atoms with Crippen molar-refractivity contribution in [2.24, 2.45) is 0 Å². The Morgan fingerprint density at radius 3 is 2.68 bits per heavy atom. The van der Waals surface area contributed by atoms with Crippen molar-refractivity contribution in [2.75, 3.05) is 5.32 Å². The lowest BCUT2D eigenvalue weighted by Crippen LogP contribution is -2.27. The molecule has 148 valence electrons. The van der Waals surface area contributed by atoms with Crippen LogP contribution in [0.2, 0.25) is 0 Å². The van der Waals surface area contributed by atoms with E-state index < -0.39 is 11.9 Å². The van der Waals surface area contributed by atoms with Gasteiger partial charge in [-0.15, -0.1) is 21.5 Å². The molecule has 1 N–H and O–H groups in total. The molecule has 0 aliphatic carbocycles. The molecular formula is C17H19N5O4S2. The zero-order chi connectivity index (χ0) is 20.4. The SMILES string of the molecule is CCc1nnc(NC(=O)Cn2cnc3sc(C(=O)OC(C)C)c(C)c3c2=O)s1. The maximum atomic E-state index is 12.8. The molecule has 3 aromatic heterocycles. The summed E-state index contributed by atoms with van der Waals surface area (Å²) >= 11 is 2.39. The van der Waals surface area contributed by atoms with E-state index >= 15 is 0 Å². The summed E-state index contributed by atoms with van der Waals surface area (Å²) in [6.45, 7) is 6.92. The van der Waals surface area contributed by atoms with Gasteiger partial charge in [0.1, 0.15) is 21.3 Å². The van der Waals surface area contributed by atoms with Crippen LogP contribution in [0.3, 0.4) is 0 Å². The van der Waals surface area contributed by atoms with Gasteiger partial charge in [-0.05, 0) is 32.8 Å². The molecule has 0 aliphatic heterocycles. The summed E-state index contributed by atoms with van der Waals surface area (Å²) in [5.41, 5.74) is 0.124. The fourth-order valence-corrected chi connectivity index (χ4v) is 4.21. The Balaban J connectivity index is 1.85. The number of thiophene rings is 1. The zero-order valence-corrected chi connectivity index (χ0v) is 17.4. The molecule has 0 aliphatic rings. The predicted molar refractivity (Wildman–Crippen MR) is 107 cm³/mol. The number of anilines is 1. The molecule has 3 rings (SSSR count). The van der Waals surface area contributed by atoms with Gasteiger partial charge in [0.15, 0.2) is 0 Å². The Morgan fingerprint density at radius 1 is 1.29 bits per heavy atom. The molecule has 0 bridgehead atoms. The number of rotatable bonds is 6. The number of esters is 1. The normalized spacial score (nSPS) is 11.2. The first-order valence-electron chi connectivity index (χ1n) is 8.61. The summed E-state index contributed by atoms with van der Waals surface area (Å²) in [4.78, 5) is 42.3.